The lowest BCUT2D eigenvalue weighted by atomic mass is 10.1. The summed E-state index contributed by atoms with van der Waals surface area (Å²) < 4.78 is 6.73. The number of nitrogens with one attached hydrogen (secondary N) is 1. The van der Waals surface area contributed by atoms with E-state index >= 15 is 0 Å². The van der Waals surface area contributed by atoms with Crippen LogP contribution < -0.4 is 43.5 Å². The van der Waals surface area contributed by atoms with Gasteiger partial charge >= 0.3 is 6.03 Å². The number of anilines is 2. The summed E-state index contributed by atoms with van der Waals surface area (Å²) in [5, 5.41) is 3.03. The molecule has 154 valence electrons. The molecule has 1 aliphatic rings. The van der Waals surface area contributed by atoms with Crippen LogP contribution in [0, 0.1) is 13.8 Å². The standard InChI is InChI=1S/C23H21N3O3.HI/c1-15-7-6-8-16(2)20(15)24-22(27)21-19-9-4-5-14-25(19)23(28)26(21)17-10-12-18(29-3)13-11-17;/h4-14,21H,1-3H3;1H. The second-order valence-corrected chi connectivity index (χ2v) is 7.00. The molecule has 2 aromatic carbocycles. The van der Waals surface area contributed by atoms with Crippen LogP contribution in [0.15, 0.2) is 66.9 Å². The quantitative estimate of drug-likeness (QED) is 0.413. The van der Waals surface area contributed by atoms with Gasteiger partial charge in [0.15, 0.2) is 5.69 Å². The number of carbonyl (C=O) groups is 2. The summed E-state index contributed by atoms with van der Waals surface area (Å²) in [6.07, 6.45) is 1.68. The Morgan fingerprint density at radius 1 is 1.00 bits per heavy atom. The van der Waals surface area contributed by atoms with Crippen LogP contribution in [0.25, 0.3) is 0 Å². The molecule has 0 radical (unpaired) electrons. The number of rotatable bonds is 4. The SMILES string of the molecule is COc1ccc(N2C(=O)[n+]3ccccc3C2C(=O)Nc2c(C)cccc2C)cc1.[I-]. The molecular formula is C23H22IN3O3. The maximum absolute atomic E-state index is 13.4. The van der Waals surface area contributed by atoms with Gasteiger partial charge in [0.05, 0.1) is 13.3 Å². The Balaban J connectivity index is 0.00000256. The Kier molecular flexibility index (Phi) is 6.40. The fourth-order valence-electron chi connectivity index (χ4n) is 3.67. The third-order valence-electron chi connectivity index (χ3n) is 5.17. The van der Waals surface area contributed by atoms with E-state index in [0.29, 0.717) is 17.1 Å². The van der Waals surface area contributed by atoms with Crippen molar-refractivity contribution < 1.29 is 42.9 Å². The van der Waals surface area contributed by atoms with Crippen LogP contribution in [-0.4, -0.2) is 19.0 Å². The molecule has 1 aromatic heterocycles. The van der Waals surface area contributed by atoms with Gasteiger partial charge in [-0.25, -0.2) is 0 Å². The van der Waals surface area contributed by atoms with Gasteiger partial charge in [0.2, 0.25) is 6.04 Å². The number of pyridine rings is 1. The van der Waals surface area contributed by atoms with E-state index in [4.69, 9.17) is 4.74 Å². The molecule has 30 heavy (non-hydrogen) atoms. The average molecular weight is 515 g/mol. The largest absolute Gasteiger partial charge is 1.00 e. The molecular weight excluding hydrogens is 493 g/mol. The van der Waals surface area contributed by atoms with Crippen LogP contribution in [0.4, 0.5) is 16.2 Å². The van der Waals surface area contributed by atoms with Crippen LogP contribution in [0.2, 0.25) is 0 Å². The van der Waals surface area contributed by atoms with Crippen LogP contribution in [0.5, 0.6) is 5.75 Å². The van der Waals surface area contributed by atoms with Crippen LogP contribution in [0.3, 0.4) is 0 Å². The summed E-state index contributed by atoms with van der Waals surface area (Å²) in [5.74, 6) is 0.422. The van der Waals surface area contributed by atoms with Gasteiger partial charge in [-0.3, -0.25) is 4.79 Å². The van der Waals surface area contributed by atoms with Crippen molar-refractivity contribution in [2.24, 2.45) is 0 Å². The van der Waals surface area contributed by atoms with Crippen molar-refractivity contribution in [1.29, 1.82) is 0 Å². The minimum absolute atomic E-state index is 0. The smallest absolute Gasteiger partial charge is 0.504 e. The molecule has 7 heteroatoms. The van der Waals surface area contributed by atoms with Gasteiger partial charge < -0.3 is 34.0 Å². The van der Waals surface area contributed by atoms with Gasteiger partial charge in [-0.2, -0.15) is 14.3 Å². The molecule has 1 atom stereocenters. The number of hydrogen-bond donors (Lipinski definition) is 1. The maximum Gasteiger partial charge on any atom is 0.504 e. The fraction of sp³-hybridized carbons (Fsp3) is 0.174. The van der Waals surface area contributed by atoms with Crippen molar-refractivity contribution >= 4 is 23.3 Å². The molecule has 3 aromatic rings. The van der Waals surface area contributed by atoms with Crippen LogP contribution in [-0.2, 0) is 4.79 Å². The number of fused-ring (bicyclic) bond motifs is 1. The van der Waals surface area contributed by atoms with Gasteiger partial charge in [0.1, 0.15) is 11.4 Å². The van der Waals surface area contributed by atoms with Crippen LogP contribution in [0.1, 0.15) is 22.9 Å². The molecule has 0 saturated heterocycles. The predicted octanol–water partition coefficient (Wildman–Crippen LogP) is 0.772. The molecule has 1 aliphatic heterocycles. The van der Waals surface area contributed by atoms with E-state index < -0.39 is 6.04 Å². The van der Waals surface area contributed by atoms with Crippen molar-refractivity contribution in [2.45, 2.75) is 19.9 Å². The van der Waals surface area contributed by atoms with Gasteiger partial charge in [0.25, 0.3) is 5.91 Å². The molecule has 0 spiro atoms. The number of ether oxygens (including phenoxy) is 1. The number of carbonyl (C=O) groups excluding carboxylic acids is 2. The van der Waals surface area contributed by atoms with Crippen molar-refractivity contribution in [2.75, 3.05) is 17.3 Å². The average Bonchev–Trinajstić information content (AvgIpc) is 3.03. The molecule has 0 bridgehead atoms. The minimum atomic E-state index is -0.781. The number of nitrogens with zero attached hydrogens (tertiary/aromatic N) is 2. The normalized spacial score (nSPS) is 14.7. The van der Waals surface area contributed by atoms with E-state index in [1.807, 2.05) is 38.1 Å². The lowest BCUT2D eigenvalue weighted by molar-refractivity contribution is -0.569. The highest BCUT2D eigenvalue weighted by atomic mass is 127. The Bertz CT molecular complexity index is 1080. The first-order chi connectivity index (χ1) is 14.0. The number of aryl methyl sites for hydroxylation is 2. The second-order valence-electron chi connectivity index (χ2n) is 7.00. The van der Waals surface area contributed by atoms with E-state index in [9.17, 15) is 9.59 Å². The van der Waals surface area contributed by atoms with Crippen molar-refractivity contribution in [3.05, 3.63) is 83.7 Å². The summed E-state index contributed by atoms with van der Waals surface area (Å²) in [6.45, 7) is 3.90. The monoisotopic (exact) mass is 515 g/mol. The lowest BCUT2D eigenvalue weighted by Gasteiger charge is -2.18. The highest BCUT2D eigenvalue weighted by molar-refractivity contribution is 6.05. The van der Waals surface area contributed by atoms with Crippen LogP contribution >= 0.6 is 0 Å². The number of aromatic nitrogens is 1. The van der Waals surface area contributed by atoms with Gasteiger partial charge in [-0.05, 0) is 61.4 Å². The van der Waals surface area contributed by atoms with Crippen molar-refractivity contribution in [3.8, 4) is 5.75 Å². The molecule has 1 N–H and O–H groups in total. The summed E-state index contributed by atoms with van der Waals surface area (Å²) in [5.41, 5.74) is 3.96. The molecule has 2 amide bonds. The number of hydrogen-bond acceptors (Lipinski definition) is 3. The van der Waals surface area contributed by atoms with Gasteiger partial charge in [-0.15, -0.1) is 0 Å². The first-order valence-electron chi connectivity index (χ1n) is 9.36. The lowest BCUT2D eigenvalue weighted by Crippen LogP contribution is -3.00. The highest BCUT2D eigenvalue weighted by Gasteiger charge is 2.50. The van der Waals surface area contributed by atoms with E-state index in [-0.39, 0.29) is 35.9 Å². The van der Waals surface area contributed by atoms with E-state index in [1.54, 1.807) is 49.7 Å². The maximum atomic E-state index is 13.4. The van der Waals surface area contributed by atoms with Gasteiger partial charge in [0, 0.05) is 5.69 Å². The minimum Gasteiger partial charge on any atom is -1.00 e. The summed E-state index contributed by atoms with van der Waals surface area (Å²) in [6, 6.07) is 17.3. The fourth-order valence-corrected chi connectivity index (χ4v) is 3.67. The molecule has 4 rings (SSSR count). The topological polar surface area (TPSA) is 62.5 Å². The third kappa shape index (κ3) is 3.77. The molecule has 0 fully saturated rings. The number of para-hydroxylation sites is 1. The zero-order valence-corrected chi connectivity index (χ0v) is 19.1. The third-order valence-corrected chi connectivity index (χ3v) is 5.17. The molecule has 2 heterocycles. The highest BCUT2D eigenvalue weighted by Crippen LogP contribution is 2.33. The predicted molar refractivity (Wildman–Crippen MR) is 110 cm³/mol. The van der Waals surface area contributed by atoms with Crippen molar-refractivity contribution in [1.82, 2.24) is 0 Å². The number of methoxy groups -OCH3 is 1. The summed E-state index contributed by atoms with van der Waals surface area (Å²) >= 11 is 0. The Hall–Kier alpha value is -2.94. The molecule has 0 aliphatic carbocycles. The number of benzene rings is 2. The van der Waals surface area contributed by atoms with Gasteiger partial charge in [-0.1, -0.05) is 24.3 Å². The summed E-state index contributed by atoms with van der Waals surface area (Å²) in [4.78, 5) is 28.0. The van der Waals surface area contributed by atoms with E-state index in [2.05, 4.69) is 5.32 Å². The van der Waals surface area contributed by atoms with E-state index in [1.165, 1.54) is 9.47 Å². The first-order valence-corrected chi connectivity index (χ1v) is 9.36. The van der Waals surface area contributed by atoms with Crippen molar-refractivity contribution in [3.63, 3.8) is 0 Å². The zero-order chi connectivity index (χ0) is 20.5. The Labute approximate surface area is 192 Å². The molecule has 0 saturated carbocycles. The molecule has 1 unspecified atom stereocenters. The number of halogens is 1. The Morgan fingerprint density at radius 3 is 2.30 bits per heavy atom. The zero-order valence-electron chi connectivity index (χ0n) is 16.9. The second kappa shape index (κ2) is 8.83. The number of amides is 2. The first kappa shape index (κ1) is 21.8. The van der Waals surface area contributed by atoms with E-state index in [0.717, 1.165) is 16.8 Å². The molecule has 6 nitrogen and oxygen atoms in total. The summed E-state index contributed by atoms with van der Waals surface area (Å²) in [7, 11) is 1.59. The Morgan fingerprint density at radius 2 is 1.67 bits per heavy atom.